The number of aromatic amines is 1. The maximum atomic E-state index is 12.7. The lowest BCUT2D eigenvalue weighted by atomic mass is 9.80. The minimum Gasteiger partial charge on any atom is -0.381 e. The summed E-state index contributed by atoms with van der Waals surface area (Å²) < 4.78 is 5.50. The molecular formula is C15H24N4O2. The van der Waals surface area contributed by atoms with Crippen molar-refractivity contribution in [3.63, 3.8) is 0 Å². The van der Waals surface area contributed by atoms with Gasteiger partial charge in [0, 0.05) is 38.4 Å². The standard InChI is InChI=1S/C15H24N4O2/c1-10(2)19(3)14(20)12-8-11-13(17-9-16-11)15(18-12)4-6-21-7-5-15/h9-10,12,18H,4-8H2,1-3H3,(H,16,17). The van der Waals surface area contributed by atoms with Crippen molar-refractivity contribution in [1.82, 2.24) is 20.2 Å². The number of ether oxygens (including phenoxy) is 1. The lowest BCUT2D eigenvalue weighted by molar-refractivity contribution is -0.135. The van der Waals surface area contributed by atoms with Gasteiger partial charge < -0.3 is 14.6 Å². The summed E-state index contributed by atoms with van der Waals surface area (Å²) in [5.41, 5.74) is 1.94. The fraction of sp³-hybridized carbons (Fsp3) is 0.733. The Balaban J connectivity index is 1.89. The van der Waals surface area contributed by atoms with E-state index in [1.807, 2.05) is 25.8 Å². The number of amides is 1. The Labute approximate surface area is 125 Å². The zero-order valence-electron chi connectivity index (χ0n) is 13.0. The van der Waals surface area contributed by atoms with Crippen LogP contribution in [0.4, 0.5) is 0 Å². The topological polar surface area (TPSA) is 70.2 Å². The zero-order chi connectivity index (χ0) is 15.0. The van der Waals surface area contributed by atoms with Crippen LogP contribution in [0.3, 0.4) is 0 Å². The molecule has 6 heteroatoms. The Bertz CT molecular complexity index is 519. The molecule has 0 radical (unpaired) electrons. The Kier molecular flexibility index (Phi) is 3.75. The highest BCUT2D eigenvalue weighted by Crippen LogP contribution is 2.36. The number of carbonyl (C=O) groups is 1. The van der Waals surface area contributed by atoms with Crippen molar-refractivity contribution in [1.29, 1.82) is 0 Å². The smallest absolute Gasteiger partial charge is 0.240 e. The Morgan fingerprint density at radius 3 is 2.86 bits per heavy atom. The Hall–Kier alpha value is -1.40. The first-order valence-electron chi connectivity index (χ1n) is 7.68. The third-order valence-corrected chi connectivity index (χ3v) is 4.80. The van der Waals surface area contributed by atoms with Gasteiger partial charge in [-0.25, -0.2) is 4.98 Å². The molecule has 21 heavy (non-hydrogen) atoms. The number of imidazole rings is 1. The molecule has 116 valence electrons. The molecule has 1 aromatic heterocycles. The van der Waals surface area contributed by atoms with E-state index in [4.69, 9.17) is 4.74 Å². The molecule has 0 saturated carbocycles. The van der Waals surface area contributed by atoms with E-state index < -0.39 is 0 Å². The van der Waals surface area contributed by atoms with Crippen molar-refractivity contribution in [2.45, 2.75) is 50.7 Å². The molecule has 2 N–H and O–H groups in total. The van der Waals surface area contributed by atoms with E-state index in [9.17, 15) is 4.79 Å². The van der Waals surface area contributed by atoms with E-state index in [-0.39, 0.29) is 23.5 Å². The molecular weight excluding hydrogens is 268 g/mol. The normalized spacial score (nSPS) is 24.1. The quantitative estimate of drug-likeness (QED) is 0.846. The Morgan fingerprint density at radius 1 is 1.48 bits per heavy atom. The highest BCUT2D eigenvalue weighted by atomic mass is 16.5. The first-order valence-corrected chi connectivity index (χ1v) is 7.68. The van der Waals surface area contributed by atoms with Crippen molar-refractivity contribution in [3.8, 4) is 0 Å². The number of fused-ring (bicyclic) bond motifs is 2. The van der Waals surface area contributed by atoms with Crippen molar-refractivity contribution < 1.29 is 9.53 Å². The predicted octanol–water partition coefficient (Wildman–Crippen LogP) is 0.796. The van der Waals surface area contributed by atoms with Gasteiger partial charge in [0.15, 0.2) is 0 Å². The highest BCUT2D eigenvalue weighted by Gasteiger charge is 2.45. The molecule has 1 unspecified atom stereocenters. The van der Waals surface area contributed by atoms with Gasteiger partial charge in [0.05, 0.1) is 23.6 Å². The average Bonchev–Trinajstić information content (AvgIpc) is 2.96. The first-order chi connectivity index (χ1) is 10.0. The predicted molar refractivity (Wildman–Crippen MR) is 78.9 cm³/mol. The number of rotatable bonds is 2. The number of carbonyl (C=O) groups excluding carboxylic acids is 1. The fourth-order valence-electron chi connectivity index (χ4n) is 3.30. The second kappa shape index (κ2) is 5.42. The van der Waals surface area contributed by atoms with Gasteiger partial charge in [-0.1, -0.05) is 0 Å². The van der Waals surface area contributed by atoms with Gasteiger partial charge in [-0.3, -0.25) is 10.1 Å². The second-order valence-electron chi connectivity index (χ2n) is 6.37. The van der Waals surface area contributed by atoms with Crippen LogP contribution < -0.4 is 5.32 Å². The van der Waals surface area contributed by atoms with Gasteiger partial charge in [0.25, 0.3) is 0 Å². The van der Waals surface area contributed by atoms with Crippen LogP contribution in [0.2, 0.25) is 0 Å². The van der Waals surface area contributed by atoms with Gasteiger partial charge in [0.2, 0.25) is 5.91 Å². The molecule has 1 spiro atoms. The van der Waals surface area contributed by atoms with Crippen LogP contribution in [-0.4, -0.2) is 53.1 Å². The summed E-state index contributed by atoms with van der Waals surface area (Å²) in [7, 11) is 1.87. The van der Waals surface area contributed by atoms with Crippen molar-refractivity contribution in [2.75, 3.05) is 20.3 Å². The van der Waals surface area contributed by atoms with Crippen LogP contribution in [0.15, 0.2) is 6.33 Å². The van der Waals surface area contributed by atoms with Gasteiger partial charge in [-0.2, -0.15) is 0 Å². The van der Waals surface area contributed by atoms with Crippen molar-refractivity contribution in [2.24, 2.45) is 0 Å². The molecule has 0 aromatic carbocycles. The molecule has 3 heterocycles. The van der Waals surface area contributed by atoms with Crippen LogP contribution in [0.1, 0.15) is 38.1 Å². The SMILES string of the molecule is CC(C)N(C)C(=O)C1Cc2[nH]cnc2C2(CCOCC2)N1. The maximum absolute atomic E-state index is 12.7. The van der Waals surface area contributed by atoms with Crippen molar-refractivity contribution >= 4 is 5.91 Å². The molecule has 6 nitrogen and oxygen atoms in total. The average molecular weight is 292 g/mol. The lowest BCUT2D eigenvalue weighted by Gasteiger charge is -2.44. The number of nitrogens with zero attached hydrogens (tertiary/aromatic N) is 2. The maximum Gasteiger partial charge on any atom is 0.240 e. The number of aromatic nitrogens is 2. The molecule has 1 fully saturated rings. The lowest BCUT2D eigenvalue weighted by Crippen LogP contribution is -2.60. The van der Waals surface area contributed by atoms with E-state index in [2.05, 4.69) is 15.3 Å². The van der Waals surface area contributed by atoms with Crippen LogP contribution in [0.5, 0.6) is 0 Å². The summed E-state index contributed by atoms with van der Waals surface area (Å²) in [5.74, 6) is 0.149. The number of hydrogen-bond donors (Lipinski definition) is 2. The van der Waals surface area contributed by atoms with Gasteiger partial charge >= 0.3 is 0 Å². The summed E-state index contributed by atoms with van der Waals surface area (Å²) >= 11 is 0. The van der Waals surface area contributed by atoms with E-state index in [1.54, 1.807) is 6.33 Å². The number of nitrogens with one attached hydrogen (secondary N) is 2. The van der Waals surface area contributed by atoms with E-state index >= 15 is 0 Å². The van der Waals surface area contributed by atoms with Gasteiger partial charge in [-0.05, 0) is 26.7 Å². The molecule has 1 amide bonds. The third kappa shape index (κ3) is 2.46. The largest absolute Gasteiger partial charge is 0.381 e. The van der Waals surface area contributed by atoms with Crippen LogP contribution in [0.25, 0.3) is 0 Å². The molecule has 1 saturated heterocycles. The molecule has 2 aliphatic rings. The molecule has 0 aliphatic carbocycles. The van der Waals surface area contributed by atoms with E-state index in [0.717, 1.165) is 24.2 Å². The highest BCUT2D eigenvalue weighted by molar-refractivity contribution is 5.82. The monoisotopic (exact) mass is 292 g/mol. The number of likely N-dealkylation sites (N-methyl/N-ethyl adjacent to an activating group) is 1. The molecule has 0 bridgehead atoms. The van der Waals surface area contributed by atoms with Crippen LogP contribution >= 0.6 is 0 Å². The molecule has 1 atom stereocenters. The fourth-order valence-corrected chi connectivity index (χ4v) is 3.30. The second-order valence-corrected chi connectivity index (χ2v) is 6.37. The van der Waals surface area contributed by atoms with Gasteiger partial charge in [-0.15, -0.1) is 0 Å². The first kappa shape index (κ1) is 14.5. The Morgan fingerprint density at radius 2 is 2.19 bits per heavy atom. The summed E-state index contributed by atoms with van der Waals surface area (Å²) in [6, 6.07) is 0.0107. The molecule has 2 aliphatic heterocycles. The summed E-state index contributed by atoms with van der Waals surface area (Å²) in [6.07, 6.45) is 4.14. The number of H-pyrrole nitrogens is 1. The van der Waals surface area contributed by atoms with Gasteiger partial charge in [0.1, 0.15) is 0 Å². The van der Waals surface area contributed by atoms with E-state index in [0.29, 0.717) is 19.6 Å². The summed E-state index contributed by atoms with van der Waals surface area (Å²) in [6.45, 7) is 5.49. The van der Waals surface area contributed by atoms with Crippen LogP contribution in [-0.2, 0) is 21.5 Å². The zero-order valence-corrected chi connectivity index (χ0v) is 13.0. The van der Waals surface area contributed by atoms with Crippen molar-refractivity contribution in [3.05, 3.63) is 17.7 Å². The summed E-state index contributed by atoms with van der Waals surface area (Å²) in [5, 5.41) is 3.59. The molecule has 3 rings (SSSR count). The van der Waals surface area contributed by atoms with Crippen LogP contribution in [0, 0.1) is 0 Å². The minimum atomic E-state index is -0.218. The number of hydrogen-bond acceptors (Lipinski definition) is 4. The van der Waals surface area contributed by atoms with E-state index in [1.165, 1.54) is 0 Å². The summed E-state index contributed by atoms with van der Waals surface area (Å²) in [4.78, 5) is 22.2. The minimum absolute atomic E-state index is 0.149. The molecule has 1 aromatic rings. The third-order valence-electron chi connectivity index (χ3n) is 4.80.